The van der Waals surface area contributed by atoms with E-state index in [2.05, 4.69) is 14.9 Å². The van der Waals surface area contributed by atoms with E-state index in [9.17, 15) is 18.5 Å². The molecule has 0 spiro atoms. The van der Waals surface area contributed by atoms with Crippen LogP contribution in [0.25, 0.3) is 0 Å². The number of non-ortho nitro benzene ring substituents is 1. The Bertz CT molecular complexity index is 730. The predicted molar refractivity (Wildman–Crippen MR) is 70.7 cm³/mol. The quantitative estimate of drug-likeness (QED) is 0.639. The molecule has 0 aliphatic heterocycles. The van der Waals surface area contributed by atoms with E-state index < -0.39 is 14.9 Å². The summed E-state index contributed by atoms with van der Waals surface area (Å²) in [6, 6.07) is 3.23. The van der Waals surface area contributed by atoms with Gasteiger partial charge in [0.05, 0.1) is 16.1 Å². The second-order valence-corrected chi connectivity index (χ2v) is 5.95. The molecule has 1 heterocycles. The number of nitrogens with zero attached hydrogens (tertiary/aromatic N) is 2. The Morgan fingerprint density at radius 1 is 1.45 bits per heavy atom. The Hall–Kier alpha value is -1.97. The third kappa shape index (κ3) is 3.13. The molecule has 0 atom stereocenters. The van der Waals surface area contributed by atoms with Crippen LogP contribution < -0.4 is 4.72 Å². The van der Waals surface area contributed by atoms with Gasteiger partial charge in [0.15, 0.2) is 0 Å². The van der Waals surface area contributed by atoms with Crippen molar-refractivity contribution in [2.24, 2.45) is 0 Å². The van der Waals surface area contributed by atoms with E-state index in [1.165, 1.54) is 18.5 Å². The van der Waals surface area contributed by atoms with Crippen molar-refractivity contribution in [2.75, 3.05) is 0 Å². The summed E-state index contributed by atoms with van der Waals surface area (Å²) < 4.78 is 26.4. The van der Waals surface area contributed by atoms with Gasteiger partial charge in [-0.2, -0.15) is 5.10 Å². The molecule has 0 bridgehead atoms. The number of nitrogens with one attached hydrogen (secondary N) is 2. The number of sulfonamides is 1. The molecule has 0 aliphatic carbocycles. The number of nitro benzene ring substituents is 1. The summed E-state index contributed by atoms with van der Waals surface area (Å²) in [6.07, 6.45) is 2.98. The fourth-order valence-electron chi connectivity index (χ4n) is 1.44. The van der Waals surface area contributed by atoms with E-state index in [1.807, 2.05) is 0 Å². The molecule has 106 valence electrons. The number of aromatic nitrogens is 2. The van der Waals surface area contributed by atoms with E-state index in [-0.39, 0.29) is 22.2 Å². The third-order valence-corrected chi connectivity index (χ3v) is 4.32. The Kier molecular flexibility index (Phi) is 4.02. The summed E-state index contributed by atoms with van der Waals surface area (Å²) in [5.41, 5.74) is 0.271. The van der Waals surface area contributed by atoms with Crippen LogP contribution in [-0.2, 0) is 16.6 Å². The number of hydrogen-bond acceptors (Lipinski definition) is 5. The van der Waals surface area contributed by atoms with E-state index in [0.29, 0.717) is 5.56 Å². The minimum atomic E-state index is -3.95. The summed E-state index contributed by atoms with van der Waals surface area (Å²) in [5, 5.41) is 16.8. The molecule has 0 saturated heterocycles. The maximum Gasteiger partial charge on any atom is 0.270 e. The highest BCUT2D eigenvalue weighted by molar-refractivity contribution is 7.89. The van der Waals surface area contributed by atoms with E-state index >= 15 is 0 Å². The highest BCUT2D eigenvalue weighted by Crippen LogP contribution is 2.26. The molecule has 0 unspecified atom stereocenters. The average Bonchev–Trinajstić information content (AvgIpc) is 2.89. The van der Waals surface area contributed by atoms with Gasteiger partial charge in [-0.15, -0.1) is 0 Å². The van der Waals surface area contributed by atoms with Crippen LogP contribution in [0.3, 0.4) is 0 Å². The molecule has 20 heavy (non-hydrogen) atoms. The molecule has 0 fully saturated rings. The number of rotatable bonds is 5. The maximum atomic E-state index is 12.1. The van der Waals surface area contributed by atoms with Crippen molar-refractivity contribution in [3.8, 4) is 0 Å². The molecule has 2 N–H and O–H groups in total. The molecular weight excluding hydrogens is 308 g/mol. The first-order chi connectivity index (χ1) is 9.40. The van der Waals surface area contributed by atoms with Crippen LogP contribution in [0, 0.1) is 10.1 Å². The molecule has 0 aliphatic rings. The van der Waals surface area contributed by atoms with Crippen LogP contribution in [0.2, 0.25) is 5.02 Å². The normalized spacial score (nSPS) is 11.4. The summed E-state index contributed by atoms with van der Waals surface area (Å²) in [4.78, 5) is 9.65. The molecule has 0 radical (unpaired) electrons. The Balaban J connectivity index is 2.28. The first-order valence-electron chi connectivity index (χ1n) is 5.31. The lowest BCUT2D eigenvalue weighted by Gasteiger charge is -2.07. The van der Waals surface area contributed by atoms with Gasteiger partial charge in [-0.3, -0.25) is 15.2 Å². The Morgan fingerprint density at radius 2 is 2.20 bits per heavy atom. The van der Waals surface area contributed by atoms with Gasteiger partial charge < -0.3 is 0 Å². The van der Waals surface area contributed by atoms with Crippen LogP contribution in [0.4, 0.5) is 5.69 Å². The van der Waals surface area contributed by atoms with Crippen molar-refractivity contribution in [3.05, 3.63) is 51.3 Å². The van der Waals surface area contributed by atoms with Gasteiger partial charge >= 0.3 is 0 Å². The van der Waals surface area contributed by atoms with Crippen molar-refractivity contribution in [1.29, 1.82) is 0 Å². The van der Waals surface area contributed by atoms with Crippen molar-refractivity contribution < 1.29 is 13.3 Å². The van der Waals surface area contributed by atoms with Crippen LogP contribution in [-0.4, -0.2) is 23.5 Å². The molecule has 0 saturated carbocycles. The number of aromatic amines is 1. The van der Waals surface area contributed by atoms with Crippen molar-refractivity contribution >= 4 is 27.3 Å². The van der Waals surface area contributed by atoms with Crippen molar-refractivity contribution in [3.63, 3.8) is 0 Å². The number of halogens is 1. The van der Waals surface area contributed by atoms with E-state index in [4.69, 9.17) is 11.6 Å². The van der Waals surface area contributed by atoms with Crippen LogP contribution in [0.15, 0.2) is 35.5 Å². The monoisotopic (exact) mass is 316 g/mol. The molecule has 2 aromatic rings. The van der Waals surface area contributed by atoms with Gasteiger partial charge in [-0.1, -0.05) is 11.6 Å². The zero-order chi connectivity index (χ0) is 14.8. The lowest BCUT2D eigenvalue weighted by atomic mass is 10.3. The van der Waals surface area contributed by atoms with Crippen molar-refractivity contribution in [1.82, 2.24) is 14.9 Å². The molecular formula is C10H9ClN4O4S. The average molecular weight is 317 g/mol. The first-order valence-corrected chi connectivity index (χ1v) is 7.17. The van der Waals surface area contributed by atoms with Gasteiger partial charge in [0.2, 0.25) is 10.0 Å². The minimum Gasteiger partial charge on any atom is -0.285 e. The number of benzene rings is 1. The predicted octanol–water partition coefficient (Wildman–Crippen LogP) is 1.45. The standard InChI is InChI=1S/C10H9ClN4O4S/c11-9-2-1-8(15(16)17)3-10(9)20(18,19)14-6-7-4-12-13-5-7/h1-5,14H,6H2,(H,12,13). The molecule has 2 rings (SSSR count). The third-order valence-electron chi connectivity index (χ3n) is 2.44. The van der Waals surface area contributed by atoms with E-state index in [1.54, 1.807) is 0 Å². The van der Waals surface area contributed by atoms with Gasteiger partial charge in [-0.25, -0.2) is 13.1 Å². The maximum absolute atomic E-state index is 12.1. The van der Waals surface area contributed by atoms with E-state index in [0.717, 1.165) is 12.1 Å². The molecule has 0 amide bonds. The summed E-state index contributed by atoms with van der Waals surface area (Å²) in [6.45, 7) is -0.00213. The van der Waals surface area contributed by atoms with Crippen molar-refractivity contribution in [2.45, 2.75) is 11.4 Å². The van der Waals surface area contributed by atoms with Gasteiger partial charge in [-0.05, 0) is 6.07 Å². The lowest BCUT2D eigenvalue weighted by molar-refractivity contribution is -0.385. The summed E-state index contributed by atoms with van der Waals surface area (Å²) in [5.74, 6) is 0. The first kappa shape index (κ1) is 14.4. The Morgan fingerprint density at radius 3 is 2.80 bits per heavy atom. The summed E-state index contributed by atoms with van der Waals surface area (Å²) in [7, 11) is -3.95. The highest BCUT2D eigenvalue weighted by atomic mass is 35.5. The number of nitro groups is 1. The van der Waals surface area contributed by atoms with Gasteiger partial charge in [0, 0.05) is 30.4 Å². The van der Waals surface area contributed by atoms with Crippen LogP contribution >= 0.6 is 11.6 Å². The van der Waals surface area contributed by atoms with Crippen LogP contribution in [0.5, 0.6) is 0 Å². The fourth-order valence-corrected chi connectivity index (χ4v) is 2.98. The summed E-state index contributed by atoms with van der Waals surface area (Å²) >= 11 is 5.79. The second kappa shape index (κ2) is 5.57. The van der Waals surface area contributed by atoms with Gasteiger partial charge in [0.1, 0.15) is 4.90 Å². The molecule has 1 aromatic carbocycles. The fraction of sp³-hybridized carbons (Fsp3) is 0.100. The molecule has 8 nitrogen and oxygen atoms in total. The Labute approximate surface area is 119 Å². The minimum absolute atomic E-state index is 0.00213. The highest BCUT2D eigenvalue weighted by Gasteiger charge is 2.21. The smallest absolute Gasteiger partial charge is 0.270 e. The van der Waals surface area contributed by atoms with Gasteiger partial charge in [0.25, 0.3) is 5.69 Å². The topological polar surface area (TPSA) is 118 Å². The molecule has 10 heteroatoms. The number of hydrogen-bond donors (Lipinski definition) is 2. The largest absolute Gasteiger partial charge is 0.285 e. The van der Waals surface area contributed by atoms with Crippen LogP contribution in [0.1, 0.15) is 5.56 Å². The number of H-pyrrole nitrogens is 1. The zero-order valence-corrected chi connectivity index (χ0v) is 11.5. The lowest BCUT2D eigenvalue weighted by Crippen LogP contribution is -2.23. The zero-order valence-electron chi connectivity index (χ0n) is 9.91. The SMILES string of the molecule is O=[N+]([O-])c1ccc(Cl)c(S(=O)(=O)NCc2cn[nH]c2)c1. The second-order valence-electron chi connectivity index (χ2n) is 3.80. The molecule has 1 aromatic heterocycles.